The van der Waals surface area contributed by atoms with E-state index in [1.165, 1.54) is 31.7 Å². The molecule has 0 heterocycles. The number of nitrogens with zero attached hydrogens (tertiary/aromatic N) is 2. The molecule has 0 saturated heterocycles. The van der Waals surface area contributed by atoms with Crippen LogP contribution in [0.4, 0.5) is 5.69 Å². The van der Waals surface area contributed by atoms with Gasteiger partial charge in [-0.05, 0) is 41.4 Å². The van der Waals surface area contributed by atoms with Gasteiger partial charge in [-0.15, -0.1) is 0 Å². The number of halogens is 1. The van der Waals surface area contributed by atoms with Crippen molar-refractivity contribution in [3.8, 4) is 0 Å². The first-order valence-corrected chi connectivity index (χ1v) is 7.01. The second-order valence-corrected chi connectivity index (χ2v) is 5.65. The van der Waals surface area contributed by atoms with Crippen LogP contribution < -0.4 is 0 Å². The molecule has 1 aliphatic carbocycles. The summed E-state index contributed by atoms with van der Waals surface area (Å²) in [6.07, 6.45) is 5.07. The van der Waals surface area contributed by atoms with Gasteiger partial charge in [-0.1, -0.05) is 25.0 Å². The Balaban J connectivity index is 2.13. The number of benzene rings is 1. The van der Waals surface area contributed by atoms with Crippen molar-refractivity contribution in [2.45, 2.75) is 38.3 Å². The van der Waals surface area contributed by atoms with Crippen LogP contribution in [0.5, 0.6) is 0 Å². The average molecular weight is 313 g/mol. The van der Waals surface area contributed by atoms with Gasteiger partial charge in [-0.2, -0.15) is 0 Å². The number of rotatable bonds is 4. The van der Waals surface area contributed by atoms with Crippen molar-refractivity contribution in [2.24, 2.45) is 0 Å². The fourth-order valence-corrected chi connectivity index (χ4v) is 3.11. The summed E-state index contributed by atoms with van der Waals surface area (Å²) in [7, 11) is 2.10. The molecule has 4 nitrogen and oxygen atoms in total. The third-order valence-corrected chi connectivity index (χ3v) is 4.54. The Bertz CT molecular complexity index is 445. The lowest BCUT2D eigenvalue weighted by Gasteiger charge is -2.24. The first-order chi connectivity index (χ1) is 8.59. The van der Waals surface area contributed by atoms with Crippen molar-refractivity contribution in [3.05, 3.63) is 38.3 Å². The highest BCUT2D eigenvalue weighted by atomic mass is 79.9. The van der Waals surface area contributed by atoms with Crippen molar-refractivity contribution in [1.82, 2.24) is 4.90 Å². The molecule has 2 rings (SSSR count). The molecule has 0 spiro atoms. The van der Waals surface area contributed by atoms with Gasteiger partial charge in [-0.3, -0.25) is 15.0 Å². The lowest BCUT2D eigenvalue weighted by molar-refractivity contribution is -0.385. The van der Waals surface area contributed by atoms with Crippen LogP contribution in [-0.2, 0) is 6.54 Å². The van der Waals surface area contributed by atoms with Gasteiger partial charge in [-0.25, -0.2) is 0 Å². The molecular formula is C13H17BrN2O2. The Kier molecular flexibility index (Phi) is 4.35. The van der Waals surface area contributed by atoms with Gasteiger partial charge in [0.2, 0.25) is 0 Å². The zero-order valence-electron chi connectivity index (χ0n) is 10.4. The number of hydrogen-bond donors (Lipinski definition) is 0. The Hall–Kier alpha value is -0.940. The van der Waals surface area contributed by atoms with Crippen LogP contribution in [0.3, 0.4) is 0 Å². The highest BCUT2D eigenvalue weighted by Gasteiger charge is 2.21. The lowest BCUT2D eigenvalue weighted by Crippen LogP contribution is -2.28. The molecule has 0 atom stereocenters. The summed E-state index contributed by atoms with van der Waals surface area (Å²) >= 11 is 3.35. The number of hydrogen-bond acceptors (Lipinski definition) is 3. The van der Waals surface area contributed by atoms with Crippen molar-refractivity contribution in [1.29, 1.82) is 0 Å². The van der Waals surface area contributed by atoms with Gasteiger partial charge in [0.15, 0.2) is 0 Å². The molecule has 0 radical (unpaired) electrons. The molecule has 0 amide bonds. The van der Waals surface area contributed by atoms with Gasteiger partial charge >= 0.3 is 0 Å². The molecule has 1 aliphatic rings. The van der Waals surface area contributed by atoms with Gasteiger partial charge in [0.05, 0.1) is 9.40 Å². The topological polar surface area (TPSA) is 46.4 Å². The quantitative estimate of drug-likeness (QED) is 0.628. The molecule has 5 heteroatoms. The minimum absolute atomic E-state index is 0.146. The molecule has 0 aromatic heterocycles. The smallest absolute Gasteiger partial charge is 0.283 e. The molecule has 0 unspecified atom stereocenters. The van der Waals surface area contributed by atoms with Crippen molar-refractivity contribution in [3.63, 3.8) is 0 Å². The lowest BCUT2D eigenvalue weighted by atomic mass is 10.1. The largest absolute Gasteiger partial charge is 0.299 e. The van der Waals surface area contributed by atoms with E-state index >= 15 is 0 Å². The normalized spacial score (nSPS) is 16.4. The van der Waals surface area contributed by atoms with Crippen LogP contribution in [0.25, 0.3) is 0 Å². The summed E-state index contributed by atoms with van der Waals surface area (Å²) in [6, 6.07) is 5.85. The van der Waals surface area contributed by atoms with Gasteiger partial charge < -0.3 is 0 Å². The molecule has 1 saturated carbocycles. The molecule has 1 fully saturated rings. The number of nitro benzene ring substituents is 1. The van der Waals surface area contributed by atoms with Crippen LogP contribution in [0.1, 0.15) is 31.2 Å². The second-order valence-electron chi connectivity index (χ2n) is 4.86. The van der Waals surface area contributed by atoms with Gasteiger partial charge in [0.1, 0.15) is 0 Å². The first-order valence-electron chi connectivity index (χ1n) is 6.21. The van der Waals surface area contributed by atoms with Crippen molar-refractivity contribution >= 4 is 21.6 Å². The van der Waals surface area contributed by atoms with E-state index < -0.39 is 0 Å². The maximum absolute atomic E-state index is 10.9. The fourth-order valence-electron chi connectivity index (χ4n) is 2.57. The van der Waals surface area contributed by atoms with Crippen molar-refractivity contribution in [2.75, 3.05) is 7.05 Å². The van der Waals surface area contributed by atoms with Gasteiger partial charge in [0.25, 0.3) is 5.69 Å². The van der Waals surface area contributed by atoms with E-state index in [1.54, 1.807) is 6.07 Å². The zero-order valence-corrected chi connectivity index (χ0v) is 12.0. The van der Waals surface area contributed by atoms with Crippen LogP contribution in [-0.4, -0.2) is 22.9 Å². The molecule has 98 valence electrons. The summed E-state index contributed by atoms with van der Waals surface area (Å²) in [5.74, 6) is 0. The third-order valence-electron chi connectivity index (χ3n) is 3.62. The van der Waals surface area contributed by atoms with Crippen LogP contribution in [0, 0.1) is 10.1 Å². The highest BCUT2D eigenvalue weighted by Crippen LogP contribution is 2.30. The van der Waals surface area contributed by atoms with E-state index in [-0.39, 0.29) is 10.6 Å². The molecule has 0 bridgehead atoms. The van der Waals surface area contributed by atoms with E-state index in [0.717, 1.165) is 12.1 Å². The summed E-state index contributed by atoms with van der Waals surface area (Å²) in [5.41, 5.74) is 1.13. The third kappa shape index (κ3) is 2.90. The predicted molar refractivity (Wildman–Crippen MR) is 74.5 cm³/mol. The van der Waals surface area contributed by atoms with E-state index in [0.29, 0.717) is 10.5 Å². The predicted octanol–water partition coefficient (Wildman–Crippen LogP) is 3.73. The van der Waals surface area contributed by atoms with Crippen LogP contribution in [0.2, 0.25) is 0 Å². The summed E-state index contributed by atoms with van der Waals surface area (Å²) in [4.78, 5) is 12.8. The zero-order chi connectivity index (χ0) is 13.1. The van der Waals surface area contributed by atoms with E-state index in [4.69, 9.17) is 0 Å². The molecule has 0 N–H and O–H groups in total. The molecule has 1 aromatic carbocycles. The molecular weight excluding hydrogens is 296 g/mol. The van der Waals surface area contributed by atoms with E-state index in [9.17, 15) is 10.1 Å². The maximum atomic E-state index is 10.9. The maximum Gasteiger partial charge on any atom is 0.283 e. The summed E-state index contributed by atoms with van der Waals surface area (Å²) < 4.78 is 0.611. The minimum Gasteiger partial charge on any atom is -0.299 e. The Morgan fingerprint density at radius 2 is 2.11 bits per heavy atom. The van der Waals surface area contributed by atoms with E-state index in [1.807, 2.05) is 6.07 Å². The highest BCUT2D eigenvalue weighted by molar-refractivity contribution is 9.10. The summed E-state index contributed by atoms with van der Waals surface area (Å²) in [5, 5.41) is 10.9. The first kappa shape index (κ1) is 13.5. The van der Waals surface area contributed by atoms with Crippen LogP contribution >= 0.6 is 15.9 Å². The molecule has 0 aliphatic heterocycles. The van der Waals surface area contributed by atoms with Crippen LogP contribution in [0.15, 0.2) is 22.7 Å². The average Bonchev–Trinajstić information content (AvgIpc) is 2.85. The molecule has 18 heavy (non-hydrogen) atoms. The summed E-state index contributed by atoms with van der Waals surface area (Å²) in [6.45, 7) is 0.757. The Morgan fingerprint density at radius 1 is 1.44 bits per heavy atom. The fraction of sp³-hybridized carbons (Fsp3) is 0.538. The van der Waals surface area contributed by atoms with E-state index in [2.05, 4.69) is 27.9 Å². The molecule has 1 aromatic rings. The van der Waals surface area contributed by atoms with Crippen molar-refractivity contribution < 1.29 is 4.92 Å². The van der Waals surface area contributed by atoms with Gasteiger partial charge in [0, 0.05) is 18.7 Å². The Morgan fingerprint density at radius 3 is 2.72 bits per heavy atom. The second kappa shape index (κ2) is 5.80. The standard InChI is InChI=1S/C13H17BrN2O2/c1-15(11-6-2-3-7-11)9-10-5-4-8-12(13(10)14)16(17)18/h4-5,8,11H,2-3,6-7,9H2,1H3. The monoisotopic (exact) mass is 312 g/mol. The minimum atomic E-state index is -0.344. The number of nitro groups is 1. The Labute approximate surface area is 115 Å². The SMILES string of the molecule is CN(Cc1cccc([N+](=O)[O-])c1Br)C1CCCC1.